The molecular formula is C16H28N2O2. The fourth-order valence-corrected chi connectivity index (χ4v) is 2.84. The van der Waals surface area contributed by atoms with Gasteiger partial charge in [-0.25, -0.2) is 5.43 Å². The summed E-state index contributed by atoms with van der Waals surface area (Å²) < 4.78 is 11.6. The average Bonchev–Trinajstić information content (AvgIpc) is 2.47. The largest absolute Gasteiger partial charge is 0.496 e. The number of nitrogens with one attached hydrogen (secondary N) is 1. The number of nitrogens with two attached hydrogens (primary N) is 1. The molecule has 20 heavy (non-hydrogen) atoms. The van der Waals surface area contributed by atoms with Crippen molar-refractivity contribution in [2.75, 3.05) is 13.7 Å². The Balaban J connectivity index is 3.32. The highest BCUT2D eigenvalue weighted by Crippen LogP contribution is 2.39. The number of benzene rings is 1. The van der Waals surface area contributed by atoms with Gasteiger partial charge in [-0.15, -0.1) is 0 Å². The van der Waals surface area contributed by atoms with Crippen LogP contribution in [-0.4, -0.2) is 19.3 Å². The molecule has 0 saturated carbocycles. The van der Waals surface area contributed by atoms with Crippen molar-refractivity contribution in [1.82, 2.24) is 5.43 Å². The first kappa shape index (κ1) is 17.0. The van der Waals surface area contributed by atoms with E-state index in [9.17, 15) is 0 Å². The molecule has 1 aromatic rings. The van der Waals surface area contributed by atoms with Gasteiger partial charge in [-0.05, 0) is 32.8 Å². The number of methoxy groups -OCH3 is 1. The van der Waals surface area contributed by atoms with E-state index in [4.69, 9.17) is 15.3 Å². The molecule has 1 atom stereocenters. The van der Waals surface area contributed by atoms with Gasteiger partial charge in [-0.3, -0.25) is 5.84 Å². The van der Waals surface area contributed by atoms with Gasteiger partial charge in [0.05, 0.1) is 18.8 Å². The van der Waals surface area contributed by atoms with Gasteiger partial charge in [-0.1, -0.05) is 31.5 Å². The number of hydrazine groups is 1. The molecule has 0 bridgehead atoms. The molecule has 1 rings (SSSR count). The molecule has 0 aliphatic carbocycles. The van der Waals surface area contributed by atoms with E-state index in [1.54, 1.807) is 7.11 Å². The predicted molar refractivity (Wildman–Crippen MR) is 82.7 cm³/mol. The molecule has 0 spiro atoms. The molecule has 0 heterocycles. The van der Waals surface area contributed by atoms with E-state index in [2.05, 4.69) is 32.3 Å². The Morgan fingerprint density at radius 2 is 1.90 bits per heavy atom. The Kier molecular flexibility index (Phi) is 6.46. The Hall–Kier alpha value is -1.10. The lowest BCUT2D eigenvalue weighted by atomic mass is 9.83. The van der Waals surface area contributed by atoms with Crippen LogP contribution in [0.25, 0.3) is 0 Å². The molecule has 1 unspecified atom stereocenters. The summed E-state index contributed by atoms with van der Waals surface area (Å²) in [6.45, 7) is 9.00. The van der Waals surface area contributed by atoms with Crippen LogP contribution in [0.15, 0.2) is 18.2 Å². The normalized spacial score (nSPS) is 13.3. The Bertz CT molecular complexity index is 417. The summed E-state index contributed by atoms with van der Waals surface area (Å²) in [5, 5.41) is 0. The number of hydrogen-bond donors (Lipinski definition) is 2. The van der Waals surface area contributed by atoms with Gasteiger partial charge in [0, 0.05) is 12.2 Å². The van der Waals surface area contributed by atoms with Crippen molar-refractivity contribution in [3.63, 3.8) is 0 Å². The summed E-state index contributed by atoms with van der Waals surface area (Å²) in [7, 11) is 1.68. The van der Waals surface area contributed by atoms with Crippen molar-refractivity contribution >= 4 is 0 Å². The van der Waals surface area contributed by atoms with Crippen molar-refractivity contribution < 1.29 is 9.47 Å². The summed E-state index contributed by atoms with van der Waals surface area (Å²) in [6.07, 6.45) is 1.76. The highest BCUT2D eigenvalue weighted by Gasteiger charge is 2.38. The minimum atomic E-state index is -0.329. The monoisotopic (exact) mass is 280 g/mol. The number of aryl methyl sites for hydroxylation is 1. The van der Waals surface area contributed by atoms with E-state index in [0.717, 1.165) is 24.2 Å². The third kappa shape index (κ3) is 3.32. The molecule has 0 aliphatic rings. The van der Waals surface area contributed by atoms with Crippen LogP contribution in [0.3, 0.4) is 0 Å². The zero-order valence-electron chi connectivity index (χ0n) is 13.3. The second kappa shape index (κ2) is 7.62. The van der Waals surface area contributed by atoms with Crippen molar-refractivity contribution in [3.8, 4) is 5.75 Å². The van der Waals surface area contributed by atoms with E-state index in [1.807, 2.05) is 19.1 Å². The van der Waals surface area contributed by atoms with E-state index in [0.29, 0.717) is 6.61 Å². The van der Waals surface area contributed by atoms with Crippen LogP contribution >= 0.6 is 0 Å². The van der Waals surface area contributed by atoms with E-state index in [1.165, 1.54) is 5.56 Å². The molecule has 0 aromatic heterocycles. The molecule has 0 radical (unpaired) electrons. The Morgan fingerprint density at radius 3 is 2.35 bits per heavy atom. The molecule has 1 aromatic carbocycles. The van der Waals surface area contributed by atoms with Crippen molar-refractivity contribution in [1.29, 1.82) is 0 Å². The van der Waals surface area contributed by atoms with Crippen LogP contribution in [-0.2, 0) is 4.74 Å². The van der Waals surface area contributed by atoms with Crippen molar-refractivity contribution in [2.45, 2.75) is 52.2 Å². The van der Waals surface area contributed by atoms with Crippen LogP contribution < -0.4 is 16.0 Å². The van der Waals surface area contributed by atoms with E-state index < -0.39 is 0 Å². The lowest BCUT2D eigenvalue weighted by Crippen LogP contribution is -2.48. The number of hydrogen-bond acceptors (Lipinski definition) is 4. The van der Waals surface area contributed by atoms with Gasteiger partial charge in [0.2, 0.25) is 0 Å². The van der Waals surface area contributed by atoms with Crippen LogP contribution in [0, 0.1) is 6.92 Å². The first-order valence-corrected chi connectivity index (χ1v) is 7.33. The van der Waals surface area contributed by atoms with Crippen molar-refractivity contribution in [3.05, 3.63) is 29.3 Å². The predicted octanol–water partition coefficient (Wildman–Crippen LogP) is 3.10. The first-order chi connectivity index (χ1) is 9.58. The summed E-state index contributed by atoms with van der Waals surface area (Å²) in [4.78, 5) is 0. The lowest BCUT2D eigenvalue weighted by Gasteiger charge is -2.39. The van der Waals surface area contributed by atoms with Crippen LogP contribution in [0.1, 0.15) is 50.8 Å². The maximum Gasteiger partial charge on any atom is 0.123 e. The smallest absolute Gasteiger partial charge is 0.123 e. The molecule has 0 amide bonds. The minimum absolute atomic E-state index is 0.104. The minimum Gasteiger partial charge on any atom is -0.496 e. The zero-order chi connectivity index (χ0) is 15.2. The molecule has 0 saturated heterocycles. The summed E-state index contributed by atoms with van der Waals surface area (Å²) in [6, 6.07) is 6.03. The maximum absolute atomic E-state index is 6.08. The number of rotatable bonds is 8. The Morgan fingerprint density at radius 1 is 1.25 bits per heavy atom. The number of ether oxygens (including phenoxy) is 2. The van der Waals surface area contributed by atoms with Gasteiger partial charge >= 0.3 is 0 Å². The first-order valence-electron chi connectivity index (χ1n) is 7.33. The Labute approximate surface area is 122 Å². The fraction of sp³-hybridized carbons (Fsp3) is 0.625. The highest BCUT2D eigenvalue weighted by molar-refractivity contribution is 5.40. The maximum atomic E-state index is 6.08. The summed E-state index contributed by atoms with van der Waals surface area (Å²) in [5.41, 5.74) is 4.84. The van der Waals surface area contributed by atoms with E-state index in [-0.39, 0.29) is 11.6 Å². The van der Waals surface area contributed by atoms with Gasteiger partial charge in [0.15, 0.2) is 0 Å². The SMILES string of the molecule is CCOC(CC)(CC)C(NN)c1cc(C)ccc1OC. The molecule has 4 heteroatoms. The molecular weight excluding hydrogens is 252 g/mol. The second-order valence-electron chi connectivity index (χ2n) is 5.05. The van der Waals surface area contributed by atoms with Crippen molar-refractivity contribution in [2.24, 2.45) is 5.84 Å². The molecule has 114 valence electrons. The van der Waals surface area contributed by atoms with Crippen LogP contribution in [0.5, 0.6) is 5.75 Å². The van der Waals surface area contributed by atoms with Gasteiger partial charge in [0.25, 0.3) is 0 Å². The third-order valence-electron chi connectivity index (χ3n) is 4.02. The van der Waals surface area contributed by atoms with E-state index >= 15 is 0 Å². The average molecular weight is 280 g/mol. The highest BCUT2D eigenvalue weighted by atomic mass is 16.5. The lowest BCUT2D eigenvalue weighted by molar-refractivity contribution is -0.0738. The molecule has 4 nitrogen and oxygen atoms in total. The third-order valence-corrected chi connectivity index (χ3v) is 4.02. The topological polar surface area (TPSA) is 56.5 Å². The van der Waals surface area contributed by atoms with Gasteiger partial charge in [-0.2, -0.15) is 0 Å². The molecule has 0 aliphatic heterocycles. The second-order valence-corrected chi connectivity index (χ2v) is 5.05. The molecule has 0 fully saturated rings. The quantitative estimate of drug-likeness (QED) is 0.567. The zero-order valence-corrected chi connectivity index (χ0v) is 13.3. The fourth-order valence-electron chi connectivity index (χ4n) is 2.84. The van der Waals surface area contributed by atoms with Gasteiger partial charge in [0.1, 0.15) is 5.75 Å². The standard InChI is InChI=1S/C16H28N2O2/c1-6-16(7-2,20-8-3)15(18-17)13-11-12(4)9-10-14(13)19-5/h9-11,15,18H,6-8,17H2,1-5H3. The molecule has 3 N–H and O–H groups in total. The van der Waals surface area contributed by atoms with Crippen LogP contribution in [0.4, 0.5) is 0 Å². The van der Waals surface area contributed by atoms with Crippen LogP contribution in [0.2, 0.25) is 0 Å². The summed E-state index contributed by atoms with van der Waals surface area (Å²) >= 11 is 0. The van der Waals surface area contributed by atoms with Gasteiger partial charge < -0.3 is 9.47 Å². The summed E-state index contributed by atoms with van der Waals surface area (Å²) in [5.74, 6) is 6.70.